The highest BCUT2D eigenvalue weighted by Crippen LogP contribution is 2.20. The van der Waals surface area contributed by atoms with E-state index in [0.717, 1.165) is 42.6 Å². The number of fused-ring (bicyclic) bond motifs is 1. The van der Waals surface area contributed by atoms with Crippen molar-refractivity contribution in [2.45, 2.75) is 39.2 Å². The zero-order chi connectivity index (χ0) is 14.2. The molecular weight excluding hydrogens is 248 g/mol. The highest BCUT2D eigenvalue weighted by molar-refractivity contribution is 5.79. The van der Waals surface area contributed by atoms with Crippen molar-refractivity contribution >= 4 is 10.9 Å². The maximum atomic E-state index is 5.96. The van der Waals surface area contributed by atoms with Crippen LogP contribution < -0.4 is 10.1 Å². The molecule has 3 nitrogen and oxygen atoms in total. The number of nitrogens with one attached hydrogen (secondary N) is 1. The lowest BCUT2D eigenvalue weighted by molar-refractivity contribution is 0.208. The quantitative estimate of drug-likeness (QED) is 0.743. The lowest BCUT2D eigenvalue weighted by Gasteiger charge is -2.15. The number of aromatic nitrogens is 1. The second-order valence-corrected chi connectivity index (χ2v) is 5.18. The Morgan fingerprint density at radius 3 is 3.00 bits per heavy atom. The first-order valence-electron chi connectivity index (χ1n) is 7.51. The Hall–Kier alpha value is -1.61. The van der Waals surface area contributed by atoms with Crippen LogP contribution >= 0.6 is 0 Å². The molecule has 1 N–H and O–H groups in total. The fourth-order valence-electron chi connectivity index (χ4n) is 2.23. The van der Waals surface area contributed by atoms with E-state index >= 15 is 0 Å². The summed E-state index contributed by atoms with van der Waals surface area (Å²) in [4.78, 5) is 4.36. The molecule has 20 heavy (non-hydrogen) atoms. The number of nitrogens with zero attached hydrogens (tertiary/aromatic N) is 1. The third kappa shape index (κ3) is 4.49. The third-order valence-electron chi connectivity index (χ3n) is 3.31. The number of pyridine rings is 1. The number of hydrogen-bond donors (Lipinski definition) is 1. The molecule has 0 bridgehead atoms. The van der Waals surface area contributed by atoms with Crippen LogP contribution in [-0.4, -0.2) is 24.2 Å². The van der Waals surface area contributed by atoms with E-state index in [4.69, 9.17) is 4.74 Å². The van der Waals surface area contributed by atoms with Gasteiger partial charge in [0.1, 0.15) is 5.75 Å². The van der Waals surface area contributed by atoms with Crippen LogP contribution in [0, 0.1) is 0 Å². The Bertz CT molecular complexity index is 527. The highest BCUT2D eigenvalue weighted by atomic mass is 16.5. The second kappa shape index (κ2) is 7.85. The van der Waals surface area contributed by atoms with Crippen molar-refractivity contribution in [2.24, 2.45) is 0 Å². The van der Waals surface area contributed by atoms with E-state index in [1.807, 2.05) is 24.4 Å². The molecule has 0 fully saturated rings. The number of benzene rings is 1. The molecule has 1 aromatic carbocycles. The van der Waals surface area contributed by atoms with Crippen molar-refractivity contribution in [3.05, 3.63) is 36.5 Å². The van der Waals surface area contributed by atoms with Gasteiger partial charge in [0.2, 0.25) is 0 Å². The van der Waals surface area contributed by atoms with E-state index in [2.05, 4.69) is 36.3 Å². The molecule has 0 aliphatic rings. The van der Waals surface area contributed by atoms with Gasteiger partial charge in [0.05, 0.1) is 11.6 Å². The normalized spacial score (nSPS) is 12.5. The van der Waals surface area contributed by atoms with E-state index in [1.54, 1.807) is 0 Å². The summed E-state index contributed by atoms with van der Waals surface area (Å²) in [6.07, 6.45) is 5.45. The van der Waals surface area contributed by atoms with Crippen molar-refractivity contribution in [2.75, 3.05) is 13.1 Å². The molecule has 0 spiro atoms. The third-order valence-corrected chi connectivity index (χ3v) is 3.31. The topological polar surface area (TPSA) is 34.1 Å². The molecule has 0 amide bonds. The summed E-state index contributed by atoms with van der Waals surface area (Å²) in [5.41, 5.74) is 0.988. The first-order chi connectivity index (χ1) is 9.79. The summed E-state index contributed by atoms with van der Waals surface area (Å²) in [6, 6.07) is 10.1. The Morgan fingerprint density at radius 2 is 2.15 bits per heavy atom. The average Bonchev–Trinajstić information content (AvgIpc) is 2.47. The van der Waals surface area contributed by atoms with Crippen LogP contribution in [0.2, 0.25) is 0 Å². The molecule has 0 radical (unpaired) electrons. The predicted molar refractivity (Wildman–Crippen MR) is 84.2 cm³/mol. The van der Waals surface area contributed by atoms with Gasteiger partial charge in [0.15, 0.2) is 0 Å². The monoisotopic (exact) mass is 272 g/mol. The van der Waals surface area contributed by atoms with Crippen LogP contribution in [0.4, 0.5) is 0 Å². The SMILES string of the molecule is CCCNCCCC(C)Oc1ccc2cccnc2c1. The van der Waals surface area contributed by atoms with Gasteiger partial charge in [-0.25, -0.2) is 0 Å². The lowest BCUT2D eigenvalue weighted by Crippen LogP contribution is -2.19. The highest BCUT2D eigenvalue weighted by Gasteiger charge is 2.05. The number of rotatable bonds is 8. The van der Waals surface area contributed by atoms with E-state index in [0.29, 0.717) is 0 Å². The molecule has 108 valence electrons. The van der Waals surface area contributed by atoms with Gasteiger partial charge >= 0.3 is 0 Å². The largest absolute Gasteiger partial charge is 0.491 e. The van der Waals surface area contributed by atoms with Gasteiger partial charge in [0, 0.05) is 17.6 Å². The van der Waals surface area contributed by atoms with E-state index < -0.39 is 0 Å². The molecule has 1 heterocycles. The second-order valence-electron chi connectivity index (χ2n) is 5.18. The Morgan fingerprint density at radius 1 is 1.25 bits per heavy atom. The van der Waals surface area contributed by atoms with Crippen molar-refractivity contribution in [3.63, 3.8) is 0 Å². The molecule has 1 aromatic heterocycles. The van der Waals surface area contributed by atoms with Gasteiger partial charge in [0.25, 0.3) is 0 Å². The van der Waals surface area contributed by atoms with Gasteiger partial charge in [-0.2, -0.15) is 0 Å². The van der Waals surface area contributed by atoms with Crippen LogP contribution in [0.5, 0.6) is 5.75 Å². The predicted octanol–water partition coefficient (Wildman–Crippen LogP) is 3.78. The maximum Gasteiger partial charge on any atom is 0.121 e. The Kier molecular flexibility index (Phi) is 5.81. The van der Waals surface area contributed by atoms with Gasteiger partial charge in [-0.05, 0) is 57.5 Å². The molecule has 2 aromatic rings. The van der Waals surface area contributed by atoms with E-state index in [9.17, 15) is 0 Å². The minimum atomic E-state index is 0.236. The summed E-state index contributed by atoms with van der Waals surface area (Å²) in [7, 11) is 0. The van der Waals surface area contributed by atoms with Crippen molar-refractivity contribution in [1.82, 2.24) is 10.3 Å². The zero-order valence-electron chi connectivity index (χ0n) is 12.4. The molecule has 1 unspecified atom stereocenters. The van der Waals surface area contributed by atoms with Gasteiger partial charge < -0.3 is 10.1 Å². The minimum Gasteiger partial charge on any atom is -0.491 e. The molecule has 3 heteroatoms. The fourth-order valence-corrected chi connectivity index (χ4v) is 2.23. The molecule has 2 rings (SSSR count). The lowest BCUT2D eigenvalue weighted by atomic mass is 10.2. The minimum absolute atomic E-state index is 0.236. The zero-order valence-corrected chi connectivity index (χ0v) is 12.4. The summed E-state index contributed by atoms with van der Waals surface area (Å²) in [5.74, 6) is 0.908. The average molecular weight is 272 g/mol. The summed E-state index contributed by atoms with van der Waals surface area (Å²) in [5, 5.41) is 4.56. The number of ether oxygens (including phenoxy) is 1. The standard InChI is InChI=1S/C17H24N2O/c1-3-10-18-11-4-6-14(2)20-16-9-8-15-7-5-12-19-17(15)13-16/h5,7-9,12-14,18H,3-4,6,10-11H2,1-2H3. The number of hydrogen-bond acceptors (Lipinski definition) is 3. The van der Waals surface area contributed by atoms with Crippen LogP contribution in [0.15, 0.2) is 36.5 Å². The van der Waals surface area contributed by atoms with Crippen molar-refractivity contribution < 1.29 is 4.74 Å². The van der Waals surface area contributed by atoms with Gasteiger partial charge in [-0.1, -0.05) is 13.0 Å². The van der Waals surface area contributed by atoms with E-state index in [-0.39, 0.29) is 6.10 Å². The summed E-state index contributed by atoms with van der Waals surface area (Å²) < 4.78 is 5.96. The van der Waals surface area contributed by atoms with Gasteiger partial charge in [-0.15, -0.1) is 0 Å². The molecule has 0 saturated carbocycles. The van der Waals surface area contributed by atoms with Crippen LogP contribution in [0.25, 0.3) is 10.9 Å². The molecule has 0 aliphatic heterocycles. The first kappa shape index (κ1) is 14.8. The molecule has 0 saturated heterocycles. The maximum absolute atomic E-state index is 5.96. The summed E-state index contributed by atoms with van der Waals surface area (Å²) >= 11 is 0. The first-order valence-corrected chi connectivity index (χ1v) is 7.51. The Balaban J connectivity index is 1.81. The van der Waals surface area contributed by atoms with Gasteiger partial charge in [-0.3, -0.25) is 4.98 Å². The van der Waals surface area contributed by atoms with Crippen molar-refractivity contribution in [3.8, 4) is 5.75 Å². The molecule has 0 aliphatic carbocycles. The van der Waals surface area contributed by atoms with Crippen molar-refractivity contribution in [1.29, 1.82) is 0 Å². The summed E-state index contributed by atoms with van der Waals surface area (Å²) in [6.45, 7) is 6.49. The van der Waals surface area contributed by atoms with E-state index in [1.165, 1.54) is 6.42 Å². The van der Waals surface area contributed by atoms with Crippen LogP contribution in [-0.2, 0) is 0 Å². The fraction of sp³-hybridized carbons (Fsp3) is 0.471. The smallest absolute Gasteiger partial charge is 0.121 e. The molecular formula is C17H24N2O. The van der Waals surface area contributed by atoms with Crippen LogP contribution in [0.3, 0.4) is 0 Å². The molecule has 1 atom stereocenters. The van der Waals surface area contributed by atoms with Crippen LogP contribution in [0.1, 0.15) is 33.1 Å². The Labute approximate surface area is 121 Å².